The van der Waals surface area contributed by atoms with Crippen LogP contribution < -0.4 is 165 Å². The van der Waals surface area contributed by atoms with Gasteiger partial charge in [-0.15, -0.1) is 0 Å². The van der Waals surface area contributed by atoms with Crippen LogP contribution in [0.2, 0.25) is 0 Å². The van der Waals surface area contributed by atoms with Crippen molar-refractivity contribution in [2.45, 2.75) is 26.9 Å². The summed E-state index contributed by atoms with van der Waals surface area (Å²) in [5.41, 5.74) is 4.74. The van der Waals surface area contributed by atoms with E-state index in [4.69, 9.17) is 4.42 Å². The fourth-order valence-electron chi connectivity index (χ4n) is 5.97. The number of rotatable bonds is 21. The number of hydrogen-bond donors (Lipinski definition) is 3. The van der Waals surface area contributed by atoms with E-state index < -0.39 is 5.97 Å². The van der Waals surface area contributed by atoms with Crippen molar-refractivity contribution >= 4 is 69.7 Å². The molecule has 1 aliphatic heterocycles. The van der Waals surface area contributed by atoms with Gasteiger partial charge in [-0.1, -0.05) is 50.2 Å². The number of carbonyl (C=O) groups is 1. The fourth-order valence-corrected chi connectivity index (χ4v) is 9.61. The van der Waals surface area contributed by atoms with Crippen LogP contribution >= 0.6 is 47.0 Å². The summed E-state index contributed by atoms with van der Waals surface area (Å²) in [6.45, 7) is 7.50. The molecule has 0 radical (unpaired) electrons. The van der Waals surface area contributed by atoms with Crippen LogP contribution in [0.4, 0.5) is 5.69 Å². The van der Waals surface area contributed by atoms with Crippen molar-refractivity contribution in [1.29, 1.82) is 0 Å². The zero-order chi connectivity index (χ0) is 36.0. The van der Waals surface area contributed by atoms with E-state index in [-0.39, 0.29) is 200 Å². The van der Waals surface area contributed by atoms with Crippen LogP contribution in [-0.4, -0.2) is 80.2 Å². The largest absolute Gasteiger partial charge is 1.00 e. The number of hydrogen-bond acceptors (Lipinski definition) is 10. The van der Waals surface area contributed by atoms with Gasteiger partial charge in [0.25, 0.3) is 0 Å². The van der Waals surface area contributed by atoms with Gasteiger partial charge in [0.15, 0.2) is 5.43 Å². The van der Waals surface area contributed by atoms with Crippen LogP contribution in [0.15, 0.2) is 88.1 Å². The second-order valence-corrected chi connectivity index (χ2v) is 17.1. The first-order valence-corrected chi connectivity index (χ1v) is 21.9. The minimum Gasteiger partial charge on any atom is -0.507 e. The van der Waals surface area contributed by atoms with Gasteiger partial charge in [0, 0.05) is 89.0 Å². The normalized spacial score (nSPS) is 10.3. The Labute approximate surface area is 486 Å². The Hall–Kier alpha value is 1.69. The van der Waals surface area contributed by atoms with E-state index >= 15 is 0 Å². The van der Waals surface area contributed by atoms with Crippen LogP contribution in [-0.2, 0) is 13.1 Å². The van der Waals surface area contributed by atoms with Crippen LogP contribution in [0.1, 0.15) is 35.3 Å². The summed E-state index contributed by atoms with van der Waals surface area (Å²) in [4.78, 5) is 27.3. The Morgan fingerprint density at radius 1 is 0.737 bits per heavy atom. The molecule has 0 fully saturated rings. The molecule has 5 rings (SSSR count). The summed E-state index contributed by atoms with van der Waals surface area (Å²) in [7, 11) is 0. The van der Waals surface area contributed by atoms with Crippen molar-refractivity contribution in [3.8, 4) is 28.2 Å². The van der Waals surface area contributed by atoms with Crippen LogP contribution in [0, 0.1) is 22.3 Å². The number of phenols is 1. The number of para-hydroxylation sites is 1. The van der Waals surface area contributed by atoms with Crippen LogP contribution in [0.3, 0.4) is 0 Å². The van der Waals surface area contributed by atoms with E-state index in [1.54, 1.807) is 42.5 Å². The molecular weight excluding hydrogens is 870 g/mol. The molecular formula is C43H55K3N2O5S4. The van der Waals surface area contributed by atoms with Crippen molar-refractivity contribution in [3.05, 3.63) is 128 Å². The van der Waals surface area contributed by atoms with Crippen molar-refractivity contribution in [2.24, 2.45) is 0 Å². The molecule has 0 aromatic heterocycles. The second-order valence-electron chi connectivity index (χ2n) is 11.8. The average molecular weight is 925 g/mol. The summed E-state index contributed by atoms with van der Waals surface area (Å²) in [6.07, 6.45) is 0. The predicted octanol–water partition coefficient (Wildman–Crippen LogP) is 1.72. The monoisotopic (exact) mass is 924 g/mol. The average Bonchev–Trinajstić information content (AvgIpc) is 3.13. The molecule has 3 aromatic carbocycles. The number of anilines is 1. The summed E-state index contributed by atoms with van der Waals surface area (Å²) >= 11 is 8.03. The van der Waals surface area contributed by atoms with Gasteiger partial charge in [0.2, 0.25) is 0 Å². The maximum absolute atomic E-state index is 12.5. The fraction of sp³-hybridized carbons (Fsp3) is 0.326. The number of carboxylic acids is 1. The van der Waals surface area contributed by atoms with E-state index in [0.29, 0.717) is 39.0 Å². The number of benzene rings is 4. The number of nitrogens with one attached hydrogen (secondary N) is 1. The topological polar surface area (TPSA) is 103 Å². The number of fused-ring (bicyclic) bond motifs is 2. The number of carboxylic acid groups (broad SMARTS) is 1. The SMILES string of the molecule is CCSCCSCCN(CCSCCSCC)Cc1ccccc1NCc1c(O)ccc2c(-c3ccccc3C(=O)O)c3ccc(=O)cc-3oc12.[CH3-].[CH3-].[CH3-].[K+].[K+].[K+]. The Morgan fingerprint density at radius 3 is 1.96 bits per heavy atom. The van der Waals surface area contributed by atoms with Crippen molar-refractivity contribution in [1.82, 2.24) is 4.90 Å². The quantitative estimate of drug-likeness (QED) is 0.0435. The van der Waals surface area contributed by atoms with Crippen molar-refractivity contribution in [3.63, 3.8) is 0 Å². The Morgan fingerprint density at radius 2 is 1.33 bits per heavy atom. The third-order valence-electron chi connectivity index (χ3n) is 8.49. The zero-order valence-corrected chi connectivity index (χ0v) is 47.8. The van der Waals surface area contributed by atoms with E-state index in [1.165, 1.54) is 40.7 Å². The third-order valence-corrected chi connectivity index (χ3v) is 12.7. The molecule has 3 aromatic rings. The molecule has 0 bridgehead atoms. The van der Waals surface area contributed by atoms with Gasteiger partial charge in [-0.25, -0.2) is 4.79 Å². The maximum Gasteiger partial charge on any atom is 1.00 e. The summed E-state index contributed by atoms with van der Waals surface area (Å²) < 4.78 is 6.38. The second kappa shape index (κ2) is 33.2. The molecule has 57 heavy (non-hydrogen) atoms. The Kier molecular flexibility index (Phi) is 35.4. The first-order valence-electron chi connectivity index (χ1n) is 17.3. The minimum atomic E-state index is -1.05. The predicted molar refractivity (Wildman–Crippen MR) is 242 cm³/mol. The summed E-state index contributed by atoms with van der Waals surface area (Å²) in [6, 6.07) is 23.0. The minimum absolute atomic E-state index is 0. The smallest absolute Gasteiger partial charge is 0.507 e. The molecule has 2 aliphatic rings. The molecule has 14 heteroatoms. The van der Waals surface area contributed by atoms with Crippen LogP contribution in [0.5, 0.6) is 5.75 Å². The molecule has 294 valence electrons. The van der Waals surface area contributed by atoms with E-state index in [1.807, 2.05) is 53.1 Å². The molecule has 0 saturated heterocycles. The Bertz CT molecular complexity index is 1920. The number of thioether (sulfide) groups is 4. The van der Waals surface area contributed by atoms with E-state index in [9.17, 15) is 19.8 Å². The molecule has 0 saturated carbocycles. The van der Waals surface area contributed by atoms with Gasteiger partial charge in [-0.05, 0) is 59.0 Å². The molecule has 1 aliphatic carbocycles. The molecule has 7 nitrogen and oxygen atoms in total. The number of phenolic OH excluding ortho intramolecular Hbond substituents is 1. The zero-order valence-electron chi connectivity index (χ0n) is 35.2. The first-order chi connectivity index (χ1) is 24.9. The molecule has 3 N–H and O–H groups in total. The van der Waals surface area contributed by atoms with Gasteiger partial charge >= 0.3 is 160 Å². The number of aromatic carboxylic acids is 1. The van der Waals surface area contributed by atoms with E-state index in [0.717, 1.165) is 48.3 Å². The van der Waals surface area contributed by atoms with Gasteiger partial charge in [0.1, 0.15) is 17.1 Å². The molecule has 1 heterocycles. The maximum atomic E-state index is 12.5. The third kappa shape index (κ3) is 18.4. The van der Waals surface area contributed by atoms with Gasteiger partial charge in [-0.2, -0.15) is 47.0 Å². The molecule has 0 amide bonds. The van der Waals surface area contributed by atoms with Crippen molar-refractivity contribution < 1.29 is 174 Å². The molecule has 0 unspecified atom stereocenters. The summed E-state index contributed by atoms with van der Waals surface area (Å²) in [5.74, 6) is 8.53. The summed E-state index contributed by atoms with van der Waals surface area (Å²) in [5, 5.41) is 25.5. The van der Waals surface area contributed by atoms with Gasteiger partial charge in [-0.3, -0.25) is 9.69 Å². The van der Waals surface area contributed by atoms with Gasteiger partial charge in [0.05, 0.1) is 11.1 Å². The van der Waals surface area contributed by atoms with Crippen molar-refractivity contribution in [2.75, 3.05) is 64.4 Å². The van der Waals surface area contributed by atoms with Crippen LogP contribution in [0.25, 0.3) is 33.4 Å². The molecule has 0 spiro atoms. The Balaban J connectivity index is 0. The number of nitrogens with zero attached hydrogens (tertiary/aromatic N) is 1. The first kappa shape index (κ1) is 60.8. The molecule has 0 atom stereocenters. The number of aromatic hydroxyl groups is 1. The standard InChI is InChI=1S/C40H46N2O5S4.3CH3.3K/c1-3-48-21-23-50-19-17-42(18-20-51-24-22-49-4-2)27-28-9-5-8-12-35(28)41-26-34-36(44)16-15-33-38(30-10-6-7-11-31(30)40(45)46)32-14-13-29(43)25-37(32)47-39(33)34;;;;;;/h5-16,25,41,44H,3-4,17-24,26-27H2,1-2H3,(H,45,46);3*1H3;;;/q;3*-1;3*+1. The van der Waals surface area contributed by atoms with Gasteiger partial charge < -0.3 is 42.2 Å². The van der Waals surface area contributed by atoms with E-state index in [2.05, 4.69) is 42.3 Å².